The predicted octanol–water partition coefficient (Wildman–Crippen LogP) is 0.991. The Morgan fingerprint density at radius 3 is 3.00 bits per heavy atom. The standard InChI is InChI=1S/C7H9NO/c1-2-6(3-1)7-8-4-5-9-7/h1-2,6H,3-5H2. The van der Waals surface area contributed by atoms with E-state index in [4.69, 9.17) is 4.74 Å². The average Bonchev–Trinajstić information content (AvgIpc) is 2.11. The van der Waals surface area contributed by atoms with Gasteiger partial charge in [0.1, 0.15) is 6.61 Å². The second kappa shape index (κ2) is 1.87. The van der Waals surface area contributed by atoms with E-state index in [-0.39, 0.29) is 0 Å². The van der Waals surface area contributed by atoms with Crippen molar-refractivity contribution in [2.45, 2.75) is 6.42 Å². The summed E-state index contributed by atoms with van der Waals surface area (Å²) < 4.78 is 5.26. The molecule has 0 fully saturated rings. The lowest BCUT2D eigenvalue weighted by molar-refractivity contribution is 0.327. The summed E-state index contributed by atoms with van der Waals surface area (Å²) in [7, 11) is 0. The molecule has 2 aliphatic rings. The third-order valence-corrected chi connectivity index (χ3v) is 1.68. The molecule has 48 valence electrons. The Balaban J connectivity index is 2.04. The Bertz CT molecular complexity index is 172. The summed E-state index contributed by atoms with van der Waals surface area (Å²) in [6.45, 7) is 1.65. The molecule has 1 atom stereocenters. The fourth-order valence-electron chi connectivity index (χ4n) is 1.03. The van der Waals surface area contributed by atoms with Crippen LogP contribution in [-0.2, 0) is 4.74 Å². The van der Waals surface area contributed by atoms with Crippen LogP contribution < -0.4 is 0 Å². The molecular weight excluding hydrogens is 114 g/mol. The van der Waals surface area contributed by atoms with Crippen LogP contribution in [-0.4, -0.2) is 19.0 Å². The zero-order chi connectivity index (χ0) is 6.10. The van der Waals surface area contributed by atoms with E-state index in [2.05, 4.69) is 17.1 Å². The van der Waals surface area contributed by atoms with Crippen LogP contribution in [0.3, 0.4) is 0 Å². The number of hydrogen-bond acceptors (Lipinski definition) is 2. The average molecular weight is 123 g/mol. The molecule has 0 bridgehead atoms. The number of aliphatic imine (C=N–C) groups is 1. The summed E-state index contributed by atoms with van der Waals surface area (Å²) in [5, 5.41) is 0. The lowest BCUT2D eigenvalue weighted by Crippen LogP contribution is -2.16. The first-order chi connectivity index (χ1) is 4.47. The minimum Gasteiger partial charge on any atom is -0.479 e. The summed E-state index contributed by atoms with van der Waals surface area (Å²) in [5.41, 5.74) is 0. The van der Waals surface area contributed by atoms with Crippen LogP contribution in [0.5, 0.6) is 0 Å². The highest BCUT2D eigenvalue weighted by atomic mass is 16.5. The van der Waals surface area contributed by atoms with Crippen LogP contribution in [0.25, 0.3) is 0 Å². The van der Waals surface area contributed by atoms with Crippen molar-refractivity contribution in [1.29, 1.82) is 0 Å². The zero-order valence-electron chi connectivity index (χ0n) is 5.21. The molecule has 0 spiro atoms. The summed E-state index contributed by atoms with van der Waals surface area (Å²) >= 11 is 0. The van der Waals surface area contributed by atoms with Crippen molar-refractivity contribution in [3.05, 3.63) is 12.2 Å². The molecule has 0 amide bonds. The molecule has 0 aromatic rings. The van der Waals surface area contributed by atoms with E-state index in [1.807, 2.05) is 0 Å². The molecule has 0 aromatic carbocycles. The maximum Gasteiger partial charge on any atom is 0.190 e. The summed E-state index contributed by atoms with van der Waals surface area (Å²) in [6.07, 6.45) is 5.41. The van der Waals surface area contributed by atoms with Crippen molar-refractivity contribution in [2.75, 3.05) is 13.2 Å². The molecule has 0 radical (unpaired) electrons. The number of nitrogens with zero attached hydrogens (tertiary/aromatic N) is 1. The van der Waals surface area contributed by atoms with Crippen molar-refractivity contribution >= 4 is 5.90 Å². The molecule has 0 N–H and O–H groups in total. The predicted molar refractivity (Wildman–Crippen MR) is 35.5 cm³/mol. The molecule has 1 heterocycles. The van der Waals surface area contributed by atoms with Gasteiger partial charge in [0.25, 0.3) is 0 Å². The Morgan fingerprint density at radius 1 is 1.67 bits per heavy atom. The fraction of sp³-hybridized carbons (Fsp3) is 0.571. The number of hydrogen-bond donors (Lipinski definition) is 0. The van der Waals surface area contributed by atoms with Gasteiger partial charge in [0, 0.05) is 0 Å². The van der Waals surface area contributed by atoms with Gasteiger partial charge in [-0.2, -0.15) is 0 Å². The van der Waals surface area contributed by atoms with Crippen molar-refractivity contribution in [3.63, 3.8) is 0 Å². The number of allylic oxidation sites excluding steroid dienone is 1. The van der Waals surface area contributed by atoms with E-state index in [0.717, 1.165) is 25.5 Å². The molecule has 0 aromatic heterocycles. The summed E-state index contributed by atoms with van der Waals surface area (Å²) in [4.78, 5) is 4.20. The van der Waals surface area contributed by atoms with Crippen LogP contribution >= 0.6 is 0 Å². The molecule has 1 aliphatic heterocycles. The van der Waals surface area contributed by atoms with Gasteiger partial charge in [0.15, 0.2) is 5.90 Å². The van der Waals surface area contributed by atoms with Gasteiger partial charge in [-0.25, -0.2) is 0 Å². The smallest absolute Gasteiger partial charge is 0.190 e. The van der Waals surface area contributed by atoms with E-state index in [1.165, 1.54) is 0 Å². The fourth-order valence-corrected chi connectivity index (χ4v) is 1.03. The Morgan fingerprint density at radius 2 is 2.56 bits per heavy atom. The van der Waals surface area contributed by atoms with Crippen molar-refractivity contribution < 1.29 is 4.74 Å². The largest absolute Gasteiger partial charge is 0.479 e. The van der Waals surface area contributed by atoms with Gasteiger partial charge in [-0.15, -0.1) is 0 Å². The Labute approximate surface area is 54.2 Å². The molecule has 9 heavy (non-hydrogen) atoms. The maximum atomic E-state index is 5.26. The van der Waals surface area contributed by atoms with Gasteiger partial charge >= 0.3 is 0 Å². The topological polar surface area (TPSA) is 21.6 Å². The number of ether oxygens (including phenoxy) is 1. The van der Waals surface area contributed by atoms with E-state index in [9.17, 15) is 0 Å². The van der Waals surface area contributed by atoms with E-state index in [1.54, 1.807) is 0 Å². The van der Waals surface area contributed by atoms with Gasteiger partial charge in [-0.05, 0) is 6.42 Å². The highest BCUT2D eigenvalue weighted by molar-refractivity contribution is 5.82. The van der Waals surface area contributed by atoms with Gasteiger partial charge < -0.3 is 4.74 Å². The zero-order valence-corrected chi connectivity index (χ0v) is 5.21. The first-order valence-corrected chi connectivity index (χ1v) is 3.30. The van der Waals surface area contributed by atoms with Crippen molar-refractivity contribution in [3.8, 4) is 0 Å². The van der Waals surface area contributed by atoms with Crippen LogP contribution in [0.15, 0.2) is 17.1 Å². The minimum absolute atomic E-state index is 0.521. The quantitative estimate of drug-likeness (QED) is 0.476. The molecule has 2 rings (SSSR count). The van der Waals surface area contributed by atoms with Gasteiger partial charge in [0.05, 0.1) is 12.5 Å². The van der Waals surface area contributed by atoms with Gasteiger partial charge in [-0.1, -0.05) is 12.2 Å². The first kappa shape index (κ1) is 5.03. The SMILES string of the molecule is C1=CC(C2=NCCO2)C1. The Hall–Kier alpha value is -0.790. The van der Waals surface area contributed by atoms with Crippen LogP contribution in [0.2, 0.25) is 0 Å². The third-order valence-electron chi connectivity index (χ3n) is 1.68. The highest BCUT2D eigenvalue weighted by Gasteiger charge is 2.20. The molecule has 2 heteroatoms. The van der Waals surface area contributed by atoms with Crippen LogP contribution in [0, 0.1) is 5.92 Å². The maximum absolute atomic E-state index is 5.26. The molecule has 0 saturated heterocycles. The minimum atomic E-state index is 0.521. The summed E-state index contributed by atoms with van der Waals surface area (Å²) in [5.74, 6) is 1.48. The Kier molecular flexibility index (Phi) is 1.04. The van der Waals surface area contributed by atoms with Crippen LogP contribution in [0.1, 0.15) is 6.42 Å². The third kappa shape index (κ3) is 0.745. The normalized spacial score (nSPS) is 31.1. The van der Waals surface area contributed by atoms with Crippen molar-refractivity contribution in [2.24, 2.45) is 10.9 Å². The molecule has 1 unspecified atom stereocenters. The number of rotatable bonds is 1. The molecular formula is C7H9NO. The molecule has 0 saturated carbocycles. The second-order valence-electron chi connectivity index (χ2n) is 2.34. The highest BCUT2D eigenvalue weighted by Crippen LogP contribution is 2.20. The lowest BCUT2D eigenvalue weighted by Gasteiger charge is -2.16. The molecule has 2 nitrogen and oxygen atoms in total. The van der Waals surface area contributed by atoms with E-state index >= 15 is 0 Å². The first-order valence-electron chi connectivity index (χ1n) is 3.30. The molecule has 1 aliphatic carbocycles. The van der Waals surface area contributed by atoms with Gasteiger partial charge in [-0.3, -0.25) is 4.99 Å². The van der Waals surface area contributed by atoms with Gasteiger partial charge in [0.2, 0.25) is 0 Å². The van der Waals surface area contributed by atoms with E-state index in [0.29, 0.717) is 5.92 Å². The van der Waals surface area contributed by atoms with E-state index < -0.39 is 0 Å². The monoisotopic (exact) mass is 123 g/mol. The summed E-state index contributed by atoms with van der Waals surface area (Å²) in [6, 6.07) is 0. The van der Waals surface area contributed by atoms with Crippen molar-refractivity contribution in [1.82, 2.24) is 0 Å². The second-order valence-corrected chi connectivity index (χ2v) is 2.34. The lowest BCUT2D eigenvalue weighted by atomic mass is 9.95. The van der Waals surface area contributed by atoms with Crippen LogP contribution in [0.4, 0.5) is 0 Å².